The van der Waals surface area contributed by atoms with Gasteiger partial charge in [0.1, 0.15) is 5.82 Å². The van der Waals surface area contributed by atoms with E-state index in [9.17, 15) is 4.39 Å². The van der Waals surface area contributed by atoms with Gasteiger partial charge in [0.15, 0.2) is 0 Å². The standard InChI is InChI=1S/C11H16FNO/c1-2-10(8-14)13-7-9-5-3-4-6-11(9)12/h3-6,10,13-14H,2,7-8H2,1H3. The van der Waals surface area contributed by atoms with Crippen molar-refractivity contribution in [1.82, 2.24) is 5.32 Å². The van der Waals surface area contributed by atoms with Gasteiger partial charge in [0.05, 0.1) is 6.61 Å². The number of hydrogen-bond donors (Lipinski definition) is 2. The van der Waals surface area contributed by atoms with Crippen LogP contribution in [0.4, 0.5) is 4.39 Å². The summed E-state index contributed by atoms with van der Waals surface area (Å²) in [5.41, 5.74) is 0.638. The monoisotopic (exact) mass is 197 g/mol. The molecule has 2 N–H and O–H groups in total. The number of rotatable bonds is 5. The lowest BCUT2D eigenvalue weighted by Gasteiger charge is -2.13. The van der Waals surface area contributed by atoms with Crippen molar-refractivity contribution in [2.24, 2.45) is 0 Å². The summed E-state index contributed by atoms with van der Waals surface area (Å²) >= 11 is 0. The highest BCUT2D eigenvalue weighted by Gasteiger charge is 2.05. The molecule has 78 valence electrons. The fourth-order valence-electron chi connectivity index (χ4n) is 1.23. The summed E-state index contributed by atoms with van der Waals surface area (Å²) in [6, 6.07) is 6.71. The molecule has 0 aliphatic rings. The molecule has 0 heterocycles. The predicted octanol–water partition coefficient (Wildman–Crippen LogP) is 1.69. The second kappa shape index (κ2) is 5.73. The van der Waals surface area contributed by atoms with Gasteiger partial charge >= 0.3 is 0 Å². The van der Waals surface area contributed by atoms with Crippen molar-refractivity contribution in [3.05, 3.63) is 35.6 Å². The van der Waals surface area contributed by atoms with E-state index in [2.05, 4.69) is 5.32 Å². The minimum Gasteiger partial charge on any atom is -0.395 e. The number of benzene rings is 1. The van der Waals surface area contributed by atoms with Crippen molar-refractivity contribution in [2.45, 2.75) is 25.9 Å². The summed E-state index contributed by atoms with van der Waals surface area (Å²) in [5, 5.41) is 12.0. The average Bonchev–Trinajstić information content (AvgIpc) is 2.22. The molecule has 0 aliphatic carbocycles. The summed E-state index contributed by atoms with van der Waals surface area (Å²) in [6.07, 6.45) is 0.838. The zero-order valence-corrected chi connectivity index (χ0v) is 8.33. The lowest BCUT2D eigenvalue weighted by molar-refractivity contribution is 0.238. The van der Waals surface area contributed by atoms with Gasteiger partial charge < -0.3 is 10.4 Å². The van der Waals surface area contributed by atoms with E-state index in [-0.39, 0.29) is 18.5 Å². The minimum atomic E-state index is -0.201. The molecule has 0 bridgehead atoms. The Bertz CT molecular complexity index is 274. The van der Waals surface area contributed by atoms with Crippen LogP contribution >= 0.6 is 0 Å². The first-order chi connectivity index (χ1) is 6.77. The molecule has 0 fully saturated rings. The van der Waals surface area contributed by atoms with Gasteiger partial charge in [-0.3, -0.25) is 0 Å². The van der Waals surface area contributed by atoms with Gasteiger partial charge in [-0.05, 0) is 12.5 Å². The Morgan fingerprint density at radius 2 is 2.14 bits per heavy atom. The Hall–Kier alpha value is -0.930. The van der Waals surface area contributed by atoms with Crippen molar-refractivity contribution in [3.8, 4) is 0 Å². The fourth-order valence-corrected chi connectivity index (χ4v) is 1.23. The first-order valence-electron chi connectivity index (χ1n) is 4.85. The van der Waals surface area contributed by atoms with E-state index in [1.165, 1.54) is 6.07 Å². The van der Waals surface area contributed by atoms with Crippen molar-refractivity contribution >= 4 is 0 Å². The van der Waals surface area contributed by atoms with Gasteiger partial charge in [-0.2, -0.15) is 0 Å². The molecule has 0 aromatic heterocycles. The first kappa shape index (κ1) is 11.1. The number of nitrogens with one attached hydrogen (secondary N) is 1. The van der Waals surface area contributed by atoms with E-state index in [0.29, 0.717) is 12.1 Å². The maximum atomic E-state index is 13.1. The Morgan fingerprint density at radius 3 is 2.71 bits per heavy atom. The van der Waals surface area contributed by atoms with E-state index in [1.54, 1.807) is 18.2 Å². The Kier molecular flexibility index (Phi) is 4.56. The van der Waals surface area contributed by atoms with Crippen molar-refractivity contribution in [3.63, 3.8) is 0 Å². The first-order valence-corrected chi connectivity index (χ1v) is 4.85. The molecule has 0 amide bonds. The highest BCUT2D eigenvalue weighted by molar-refractivity contribution is 5.16. The quantitative estimate of drug-likeness (QED) is 0.752. The van der Waals surface area contributed by atoms with Gasteiger partial charge in [0.2, 0.25) is 0 Å². The smallest absolute Gasteiger partial charge is 0.127 e. The predicted molar refractivity (Wildman–Crippen MR) is 54.4 cm³/mol. The lowest BCUT2D eigenvalue weighted by Crippen LogP contribution is -2.31. The average molecular weight is 197 g/mol. The van der Waals surface area contributed by atoms with E-state index in [1.807, 2.05) is 6.92 Å². The van der Waals surface area contributed by atoms with Crippen LogP contribution in [0.25, 0.3) is 0 Å². The maximum absolute atomic E-state index is 13.1. The molecule has 0 spiro atoms. The summed E-state index contributed by atoms with van der Waals surface area (Å²) < 4.78 is 13.1. The zero-order valence-electron chi connectivity index (χ0n) is 8.33. The number of halogens is 1. The fraction of sp³-hybridized carbons (Fsp3) is 0.455. The molecule has 2 nitrogen and oxygen atoms in total. The van der Waals surface area contributed by atoms with E-state index >= 15 is 0 Å². The Morgan fingerprint density at radius 1 is 1.43 bits per heavy atom. The van der Waals surface area contributed by atoms with Crippen molar-refractivity contribution < 1.29 is 9.50 Å². The van der Waals surface area contributed by atoms with Gasteiger partial charge in [0, 0.05) is 18.2 Å². The summed E-state index contributed by atoms with van der Waals surface area (Å²) in [6.45, 7) is 2.53. The number of aliphatic hydroxyl groups excluding tert-OH is 1. The molecule has 1 aromatic rings. The highest BCUT2D eigenvalue weighted by Crippen LogP contribution is 2.06. The molecule has 0 radical (unpaired) electrons. The molecule has 1 atom stereocenters. The summed E-state index contributed by atoms with van der Waals surface area (Å²) in [4.78, 5) is 0. The van der Waals surface area contributed by atoms with Gasteiger partial charge in [-0.1, -0.05) is 25.1 Å². The second-order valence-corrected chi connectivity index (χ2v) is 3.26. The normalized spacial score (nSPS) is 12.8. The van der Waals surface area contributed by atoms with Crippen LogP contribution < -0.4 is 5.32 Å². The van der Waals surface area contributed by atoms with Gasteiger partial charge in [-0.15, -0.1) is 0 Å². The van der Waals surface area contributed by atoms with E-state index in [0.717, 1.165) is 6.42 Å². The third-order valence-corrected chi connectivity index (χ3v) is 2.25. The largest absolute Gasteiger partial charge is 0.395 e. The number of hydrogen-bond acceptors (Lipinski definition) is 2. The maximum Gasteiger partial charge on any atom is 0.127 e. The third kappa shape index (κ3) is 3.09. The van der Waals surface area contributed by atoms with Crippen LogP contribution in [-0.4, -0.2) is 17.8 Å². The highest BCUT2D eigenvalue weighted by atomic mass is 19.1. The topological polar surface area (TPSA) is 32.3 Å². The molecule has 1 rings (SSSR count). The van der Waals surface area contributed by atoms with Crippen molar-refractivity contribution in [2.75, 3.05) is 6.61 Å². The summed E-state index contributed by atoms with van der Waals surface area (Å²) in [7, 11) is 0. The van der Waals surface area contributed by atoms with Crippen molar-refractivity contribution in [1.29, 1.82) is 0 Å². The Balaban J connectivity index is 2.49. The molecular weight excluding hydrogens is 181 g/mol. The number of aliphatic hydroxyl groups is 1. The molecule has 0 aliphatic heterocycles. The van der Waals surface area contributed by atoms with Crippen LogP contribution in [-0.2, 0) is 6.54 Å². The van der Waals surface area contributed by atoms with Crippen LogP contribution in [0.2, 0.25) is 0 Å². The van der Waals surface area contributed by atoms with Crippen LogP contribution in [0.3, 0.4) is 0 Å². The van der Waals surface area contributed by atoms with Crippen LogP contribution in [0.15, 0.2) is 24.3 Å². The molecule has 1 aromatic carbocycles. The third-order valence-electron chi connectivity index (χ3n) is 2.25. The van der Waals surface area contributed by atoms with Gasteiger partial charge in [0.25, 0.3) is 0 Å². The van der Waals surface area contributed by atoms with Crippen LogP contribution in [0, 0.1) is 5.82 Å². The zero-order chi connectivity index (χ0) is 10.4. The lowest BCUT2D eigenvalue weighted by atomic mass is 10.2. The SMILES string of the molecule is CCC(CO)NCc1ccccc1F. The molecule has 0 saturated carbocycles. The minimum absolute atomic E-state index is 0.0506. The molecule has 3 heteroatoms. The summed E-state index contributed by atoms with van der Waals surface area (Å²) in [5.74, 6) is -0.201. The van der Waals surface area contributed by atoms with Crippen LogP contribution in [0.5, 0.6) is 0 Å². The Labute approximate surface area is 83.8 Å². The molecule has 14 heavy (non-hydrogen) atoms. The molecule has 1 unspecified atom stereocenters. The van der Waals surface area contributed by atoms with E-state index in [4.69, 9.17) is 5.11 Å². The molecule has 0 saturated heterocycles. The molecular formula is C11H16FNO. The van der Waals surface area contributed by atoms with Crippen LogP contribution in [0.1, 0.15) is 18.9 Å². The van der Waals surface area contributed by atoms with Gasteiger partial charge in [-0.25, -0.2) is 4.39 Å². The van der Waals surface area contributed by atoms with E-state index < -0.39 is 0 Å². The second-order valence-electron chi connectivity index (χ2n) is 3.26.